The monoisotopic (exact) mass is 311 g/mol. The maximum atomic E-state index is 11.3. The molecule has 13 heavy (non-hydrogen) atoms. The van der Waals surface area contributed by atoms with Gasteiger partial charge in [-0.3, -0.25) is 0 Å². The second kappa shape index (κ2) is 3.87. The van der Waals surface area contributed by atoms with Crippen LogP contribution < -0.4 is 0 Å². The van der Waals surface area contributed by atoms with Crippen LogP contribution in [0.25, 0.3) is 0 Å². The SMILES string of the molecule is CC(I)c1nccc(S(C)(=N)=O)n1. The summed E-state index contributed by atoms with van der Waals surface area (Å²) in [7, 11) is -2.71. The largest absolute Gasteiger partial charge is 0.248 e. The summed E-state index contributed by atoms with van der Waals surface area (Å²) in [6, 6.07) is 1.53. The van der Waals surface area contributed by atoms with Gasteiger partial charge in [-0.25, -0.2) is 19.0 Å². The van der Waals surface area contributed by atoms with Crippen molar-refractivity contribution in [1.82, 2.24) is 9.97 Å². The molecule has 2 unspecified atom stereocenters. The van der Waals surface area contributed by atoms with Gasteiger partial charge in [-0.05, 0) is 13.0 Å². The Bertz CT molecular complexity index is 402. The van der Waals surface area contributed by atoms with Crippen molar-refractivity contribution in [3.8, 4) is 0 Å². The third-order valence-corrected chi connectivity index (χ3v) is 2.99. The van der Waals surface area contributed by atoms with Gasteiger partial charge in [0.15, 0.2) is 0 Å². The number of halogens is 1. The first kappa shape index (κ1) is 10.8. The van der Waals surface area contributed by atoms with Gasteiger partial charge in [0.1, 0.15) is 10.9 Å². The zero-order chi connectivity index (χ0) is 10.1. The molecular weight excluding hydrogens is 301 g/mol. The fourth-order valence-corrected chi connectivity index (χ4v) is 1.65. The summed E-state index contributed by atoms with van der Waals surface area (Å²) in [5.74, 6) is 0.625. The summed E-state index contributed by atoms with van der Waals surface area (Å²) in [5.41, 5.74) is 0. The Kier molecular flexibility index (Phi) is 3.23. The molecule has 1 N–H and O–H groups in total. The first-order valence-corrected chi connectivity index (χ1v) is 6.83. The normalized spacial score (nSPS) is 17.8. The third-order valence-electron chi connectivity index (χ3n) is 1.40. The highest BCUT2D eigenvalue weighted by atomic mass is 127. The van der Waals surface area contributed by atoms with Crippen LogP contribution in [0.4, 0.5) is 0 Å². The Hall–Kier alpha value is -0.240. The van der Waals surface area contributed by atoms with Gasteiger partial charge in [0, 0.05) is 12.5 Å². The van der Waals surface area contributed by atoms with E-state index in [1.54, 1.807) is 6.20 Å². The van der Waals surface area contributed by atoms with Gasteiger partial charge < -0.3 is 0 Å². The zero-order valence-corrected chi connectivity index (χ0v) is 10.3. The van der Waals surface area contributed by atoms with Crippen molar-refractivity contribution >= 4 is 32.3 Å². The van der Waals surface area contributed by atoms with E-state index < -0.39 is 9.73 Å². The van der Waals surface area contributed by atoms with Crippen molar-refractivity contribution in [2.45, 2.75) is 15.9 Å². The van der Waals surface area contributed by atoms with E-state index >= 15 is 0 Å². The summed E-state index contributed by atoms with van der Waals surface area (Å²) < 4.78 is 18.8. The van der Waals surface area contributed by atoms with E-state index in [4.69, 9.17) is 4.78 Å². The molecule has 72 valence electrons. The molecule has 0 aromatic carbocycles. The van der Waals surface area contributed by atoms with Gasteiger partial charge in [0.2, 0.25) is 0 Å². The number of aromatic nitrogens is 2. The molecule has 1 rings (SSSR count). The fourth-order valence-electron chi connectivity index (χ4n) is 0.765. The van der Waals surface area contributed by atoms with Crippen LogP contribution in [0.15, 0.2) is 17.3 Å². The van der Waals surface area contributed by atoms with Gasteiger partial charge in [0.25, 0.3) is 0 Å². The topological polar surface area (TPSA) is 66.7 Å². The summed E-state index contributed by atoms with van der Waals surface area (Å²) in [5, 5.41) is 0.306. The van der Waals surface area contributed by atoms with Crippen LogP contribution in [0, 0.1) is 4.78 Å². The lowest BCUT2D eigenvalue weighted by Crippen LogP contribution is -2.03. The molecule has 0 aliphatic rings. The second-order valence-corrected chi connectivity index (χ2v) is 6.69. The number of nitrogens with one attached hydrogen (secondary N) is 1. The van der Waals surface area contributed by atoms with Crippen LogP contribution in [-0.2, 0) is 9.73 Å². The Morgan fingerprint density at radius 3 is 2.77 bits per heavy atom. The average Bonchev–Trinajstić information content (AvgIpc) is 2.03. The number of alkyl halides is 1. The predicted octanol–water partition coefficient (Wildman–Crippen LogP) is 2.01. The van der Waals surface area contributed by atoms with Crippen molar-refractivity contribution in [1.29, 1.82) is 4.78 Å². The number of rotatable bonds is 2. The summed E-state index contributed by atoms with van der Waals surface area (Å²) >= 11 is 2.17. The van der Waals surface area contributed by atoms with Crippen LogP contribution in [0.5, 0.6) is 0 Å². The molecule has 1 aromatic rings. The lowest BCUT2D eigenvalue weighted by atomic mass is 10.4. The van der Waals surface area contributed by atoms with Crippen LogP contribution in [-0.4, -0.2) is 20.4 Å². The van der Waals surface area contributed by atoms with Crippen molar-refractivity contribution in [3.05, 3.63) is 18.1 Å². The highest BCUT2D eigenvalue weighted by Gasteiger charge is 2.09. The first-order valence-electron chi connectivity index (χ1n) is 3.62. The lowest BCUT2D eigenvalue weighted by molar-refractivity contribution is 0.674. The fraction of sp³-hybridized carbons (Fsp3) is 0.429. The number of hydrogen-bond donors (Lipinski definition) is 1. The van der Waals surface area contributed by atoms with Gasteiger partial charge in [-0.2, -0.15) is 0 Å². The molecule has 0 saturated carbocycles. The van der Waals surface area contributed by atoms with E-state index in [0.29, 0.717) is 10.9 Å². The number of hydrogen-bond acceptors (Lipinski definition) is 4. The molecule has 0 aliphatic heterocycles. The smallest absolute Gasteiger partial charge is 0.142 e. The van der Waals surface area contributed by atoms with E-state index in [2.05, 4.69) is 32.6 Å². The highest BCUT2D eigenvalue weighted by Crippen LogP contribution is 2.18. The molecule has 2 atom stereocenters. The Balaban J connectivity index is 3.21. The summed E-state index contributed by atoms with van der Waals surface area (Å²) in [6.45, 7) is 1.95. The zero-order valence-electron chi connectivity index (χ0n) is 7.32. The summed E-state index contributed by atoms with van der Waals surface area (Å²) in [6.07, 6.45) is 2.90. The van der Waals surface area contributed by atoms with Crippen molar-refractivity contribution in [2.24, 2.45) is 0 Å². The van der Waals surface area contributed by atoms with Crippen LogP contribution >= 0.6 is 22.6 Å². The maximum absolute atomic E-state index is 11.3. The van der Waals surface area contributed by atoms with Crippen molar-refractivity contribution < 1.29 is 4.21 Å². The molecule has 1 aromatic heterocycles. The minimum Gasteiger partial charge on any atom is -0.248 e. The van der Waals surface area contributed by atoms with E-state index in [9.17, 15) is 4.21 Å². The lowest BCUT2D eigenvalue weighted by Gasteiger charge is -2.04. The molecule has 0 saturated heterocycles. The molecule has 0 bridgehead atoms. The van der Waals surface area contributed by atoms with Gasteiger partial charge in [-0.1, -0.05) is 22.6 Å². The maximum Gasteiger partial charge on any atom is 0.142 e. The average molecular weight is 311 g/mol. The quantitative estimate of drug-likeness (QED) is 0.516. The molecule has 0 amide bonds. The molecule has 1 heterocycles. The predicted molar refractivity (Wildman–Crippen MR) is 59.5 cm³/mol. The molecular formula is C7H10IN3OS. The third kappa shape index (κ3) is 2.87. The van der Waals surface area contributed by atoms with E-state index in [1.807, 2.05) is 6.92 Å². The molecule has 6 heteroatoms. The van der Waals surface area contributed by atoms with Crippen LogP contribution in [0.2, 0.25) is 0 Å². The van der Waals surface area contributed by atoms with Gasteiger partial charge in [-0.15, -0.1) is 0 Å². The highest BCUT2D eigenvalue weighted by molar-refractivity contribution is 14.1. The van der Waals surface area contributed by atoms with Crippen LogP contribution in [0.1, 0.15) is 16.7 Å². The molecule has 0 spiro atoms. The first-order chi connectivity index (χ1) is 5.91. The molecule has 0 radical (unpaired) electrons. The van der Waals surface area contributed by atoms with Crippen molar-refractivity contribution in [2.75, 3.05) is 6.26 Å². The minimum atomic E-state index is -2.71. The van der Waals surface area contributed by atoms with Crippen molar-refractivity contribution in [3.63, 3.8) is 0 Å². The second-order valence-electron chi connectivity index (χ2n) is 2.71. The van der Waals surface area contributed by atoms with Crippen LogP contribution in [0.3, 0.4) is 0 Å². The molecule has 0 aliphatic carbocycles. The Labute approximate surface area is 91.3 Å². The minimum absolute atomic E-state index is 0.166. The Morgan fingerprint density at radius 1 is 1.69 bits per heavy atom. The Morgan fingerprint density at radius 2 is 2.31 bits per heavy atom. The molecule has 4 nitrogen and oxygen atoms in total. The van der Waals surface area contributed by atoms with E-state index in [1.165, 1.54) is 12.3 Å². The number of nitrogens with zero attached hydrogens (tertiary/aromatic N) is 2. The molecule has 0 fully saturated rings. The van der Waals surface area contributed by atoms with E-state index in [0.717, 1.165) is 0 Å². The standard InChI is InChI=1S/C7H10IN3OS/c1-5(8)7-10-4-3-6(11-7)13(2,9)12/h3-5,9H,1-2H3. The van der Waals surface area contributed by atoms with Gasteiger partial charge >= 0.3 is 0 Å². The summed E-state index contributed by atoms with van der Waals surface area (Å²) in [4.78, 5) is 8.09. The van der Waals surface area contributed by atoms with Gasteiger partial charge in [0.05, 0.1) is 13.7 Å². The van der Waals surface area contributed by atoms with E-state index in [-0.39, 0.29) is 3.92 Å².